The molecule has 4 aromatic rings. The lowest BCUT2D eigenvalue weighted by Gasteiger charge is -2.09. The number of carbonyl (C=O) groups is 1. The lowest BCUT2D eigenvalue weighted by molar-refractivity contribution is -0.118. The number of fused-ring (bicyclic) bond motifs is 1. The molecule has 2 aromatic carbocycles. The SMILES string of the molecule is CC(=O)NCCCNc1ncnc2scc(-c3ccc(-c4ccccc4)cc3)c12. The molecule has 0 aliphatic rings. The van der Waals surface area contributed by atoms with Crippen LogP contribution in [0.1, 0.15) is 13.3 Å². The highest BCUT2D eigenvalue weighted by molar-refractivity contribution is 7.17. The van der Waals surface area contributed by atoms with Gasteiger partial charge in [-0.1, -0.05) is 54.6 Å². The maximum Gasteiger partial charge on any atom is 0.216 e. The molecule has 2 N–H and O–H groups in total. The van der Waals surface area contributed by atoms with Crippen molar-refractivity contribution in [3.8, 4) is 22.3 Å². The van der Waals surface area contributed by atoms with Crippen LogP contribution < -0.4 is 10.6 Å². The van der Waals surface area contributed by atoms with Gasteiger partial charge < -0.3 is 10.6 Å². The molecule has 0 fully saturated rings. The van der Waals surface area contributed by atoms with E-state index in [0.717, 1.165) is 40.1 Å². The van der Waals surface area contributed by atoms with E-state index in [-0.39, 0.29) is 5.91 Å². The van der Waals surface area contributed by atoms with E-state index in [1.165, 1.54) is 18.1 Å². The molecule has 0 saturated heterocycles. The van der Waals surface area contributed by atoms with Crippen molar-refractivity contribution in [1.82, 2.24) is 15.3 Å². The van der Waals surface area contributed by atoms with Crippen molar-refractivity contribution in [2.24, 2.45) is 0 Å². The van der Waals surface area contributed by atoms with E-state index >= 15 is 0 Å². The normalized spacial score (nSPS) is 10.8. The number of amides is 1. The minimum absolute atomic E-state index is 0.00602. The van der Waals surface area contributed by atoms with Crippen LogP contribution in [0.5, 0.6) is 0 Å². The highest BCUT2D eigenvalue weighted by atomic mass is 32.1. The Labute approximate surface area is 173 Å². The molecule has 6 heteroatoms. The minimum Gasteiger partial charge on any atom is -0.369 e. The summed E-state index contributed by atoms with van der Waals surface area (Å²) in [6, 6.07) is 19.0. The van der Waals surface area contributed by atoms with E-state index in [4.69, 9.17) is 0 Å². The molecule has 2 aromatic heterocycles. The van der Waals surface area contributed by atoms with Gasteiger partial charge in [-0.25, -0.2) is 9.97 Å². The number of hydrogen-bond acceptors (Lipinski definition) is 5. The van der Waals surface area contributed by atoms with Gasteiger partial charge in [0.2, 0.25) is 5.91 Å². The first-order valence-electron chi connectivity index (χ1n) is 9.59. The monoisotopic (exact) mass is 402 g/mol. The zero-order chi connectivity index (χ0) is 20.1. The smallest absolute Gasteiger partial charge is 0.216 e. The van der Waals surface area contributed by atoms with Crippen LogP contribution >= 0.6 is 11.3 Å². The van der Waals surface area contributed by atoms with Crippen LogP contribution in [0, 0.1) is 0 Å². The molecule has 29 heavy (non-hydrogen) atoms. The molecule has 0 spiro atoms. The van der Waals surface area contributed by atoms with Crippen molar-refractivity contribution >= 4 is 33.3 Å². The van der Waals surface area contributed by atoms with E-state index in [2.05, 4.69) is 74.5 Å². The molecule has 0 aliphatic carbocycles. The first kappa shape index (κ1) is 19.1. The maximum absolute atomic E-state index is 11.0. The number of nitrogens with zero attached hydrogens (tertiary/aromatic N) is 2. The highest BCUT2D eigenvalue weighted by Gasteiger charge is 2.13. The second-order valence-electron chi connectivity index (χ2n) is 6.76. The van der Waals surface area contributed by atoms with Crippen LogP contribution in [0.3, 0.4) is 0 Å². The van der Waals surface area contributed by atoms with Crippen LogP contribution in [-0.4, -0.2) is 29.0 Å². The van der Waals surface area contributed by atoms with E-state index in [1.807, 2.05) is 6.07 Å². The fraction of sp³-hybridized carbons (Fsp3) is 0.174. The predicted molar refractivity (Wildman–Crippen MR) is 120 cm³/mol. The molecule has 2 heterocycles. The summed E-state index contributed by atoms with van der Waals surface area (Å²) in [5.74, 6) is 0.828. The van der Waals surface area contributed by atoms with Crippen molar-refractivity contribution in [2.75, 3.05) is 18.4 Å². The first-order valence-corrected chi connectivity index (χ1v) is 10.5. The summed E-state index contributed by atoms with van der Waals surface area (Å²) in [5.41, 5.74) is 4.68. The lowest BCUT2D eigenvalue weighted by atomic mass is 10.0. The number of thiophene rings is 1. The Balaban J connectivity index is 1.57. The number of hydrogen-bond donors (Lipinski definition) is 2. The molecule has 5 nitrogen and oxygen atoms in total. The Morgan fingerprint density at radius 2 is 1.66 bits per heavy atom. The van der Waals surface area contributed by atoms with Gasteiger partial charge in [0.15, 0.2) is 0 Å². The molecule has 0 aliphatic heterocycles. The summed E-state index contributed by atoms with van der Waals surface area (Å²) in [6.07, 6.45) is 2.42. The van der Waals surface area contributed by atoms with Gasteiger partial charge in [-0.15, -0.1) is 11.3 Å². The summed E-state index contributed by atoms with van der Waals surface area (Å²) in [5, 5.41) is 9.39. The van der Waals surface area contributed by atoms with E-state index < -0.39 is 0 Å². The Kier molecular flexibility index (Phi) is 5.81. The number of rotatable bonds is 7. The van der Waals surface area contributed by atoms with Crippen molar-refractivity contribution in [3.63, 3.8) is 0 Å². The van der Waals surface area contributed by atoms with Gasteiger partial charge >= 0.3 is 0 Å². The van der Waals surface area contributed by atoms with Gasteiger partial charge in [0.1, 0.15) is 17.0 Å². The molecule has 146 valence electrons. The quantitative estimate of drug-likeness (QED) is 0.429. The minimum atomic E-state index is -0.00602. The maximum atomic E-state index is 11.0. The summed E-state index contributed by atoms with van der Waals surface area (Å²) < 4.78 is 0. The molecule has 4 rings (SSSR count). The third-order valence-electron chi connectivity index (χ3n) is 4.69. The van der Waals surface area contributed by atoms with Crippen LogP contribution in [0.4, 0.5) is 5.82 Å². The van der Waals surface area contributed by atoms with Crippen molar-refractivity contribution in [3.05, 3.63) is 66.3 Å². The number of anilines is 1. The molecule has 0 bridgehead atoms. The molecular formula is C23H22N4OS. The fourth-order valence-corrected chi connectivity index (χ4v) is 4.17. The summed E-state index contributed by atoms with van der Waals surface area (Å²) >= 11 is 1.62. The second-order valence-corrected chi connectivity index (χ2v) is 7.62. The van der Waals surface area contributed by atoms with Gasteiger partial charge in [-0.2, -0.15) is 0 Å². The third-order valence-corrected chi connectivity index (χ3v) is 5.58. The predicted octanol–water partition coefficient (Wildman–Crippen LogP) is 4.96. The van der Waals surface area contributed by atoms with Gasteiger partial charge in [-0.3, -0.25) is 4.79 Å². The summed E-state index contributed by atoms with van der Waals surface area (Å²) in [7, 11) is 0. The number of carbonyl (C=O) groups excluding carboxylic acids is 1. The number of nitrogens with one attached hydrogen (secondary N) is 2. The van der Waals surface area contributed by atoms with Gasteiger partial charge in [0.05, 0.1) is 5.39 Å². The van der Waals surface area contributed by atoms with Crippen LogP contribution in [-0.2, 0) is 4.79 Å². The van der Waals surface area contributed by atoms with E-state index in [9.17, 15) is 4.79 Å². The Morgan fingerprint density at radius 3 is 2.41 bits per heavy atom. The largest absolute Gasteiger partial charge is 0.369 e. The molecule has 0 atom stereocenters. The average Bonchev–Trinajstić information content (AvgIpc) is 3.19. The molecule has 1 amide bonds. The lowest BCUT2D eigenvalue weighted by Crippen LogP contribution is -2.22. The van der Waals surface area contributed by atoms with E-state index in [0.29, 0.717) is 6.54 Å². The number of aromatic nitrogens is 2. The van der Waals surface area contributed by atoms with Gasteiger partial charge in [0.25, 0.3) is 0 Å². The first-order chi connectivity index (χ1) is 14.2. The Morgan fingerprint density at radius 1 is 0.931 bits per heavy atom. The summed E-state index contributed by atoms with van der Waals surface area (Å²) in [6.45, 7) is 2.91. The van der Waals surface area contributed by atoms with E-state index in [1.54, 1.807) is 17.7 Å². The zero-order valence-corrected chi connectivity index (χ0v) is 17.0. The molecule has 0 unspecified atom stereocenters. The number of benzene rings is 2. The topological polar surface area (TPSA) is 66.9 Å². The highest BCUT2D eigenvalue weighted by Crippen LogP contribution is 2.37. The van der Waals surface area contributed by atoms with Gasteiger partial charge in [-0.05, 0) is 23.1 Å². The molecule has 0 radical (unpaired) electrons. The second kappa shape index (κ2) is 8.84. The molecule has 0 saturated carbocycles. The standard InChI is InChI=1S/C23H22N4OS/c1-16(28)24-12-5-13-25-22-21-20(14-29-23(21)27-15-26-22)19-10-8-18(9-11-19)17-6-3-2-4-7-17/h2-4,6-11,14-15H,5,12-13H2,1H3,(H,24,28)(H,25,26,27). The zero-order valence-electron chi connectivity index (χ0n) is 16.2. The van der Waals surface area contributed by atoms with Gasteiger partial charge in [0, 0.05) is 31.0 Å². The van der Waals surface area contributed by atoms with Crippen LogP contribution in [0.15, 0.2) is 66.3 Å². The Hall–Kier alpha value is -3.25. The Bertz CT molecular complexity index is 1110. The summed E-state index contributed by atoms with van der Waals surface area (Å²) in [4.78, 5) is 20.8. The van der Waals surface area contributed by atoms with Crippen molar-refractivity contribution < 1.29 is 4.79 Å². The van der Waals surface area contributed by atoms with Crippen molar-refractivity contribution in [2.45, 2.75) is 13.3 Å². The average molecular weight is 403 g/mol. The van der Waals surface area contributed by atoms with Crippen molar-refractivity contribution in [1.29, 1.82) is 0 Å². The molecular weight excluding hydrogens is 380 g/mol. The fourth-order valence-electron chi connectivity index (χ4n) is 3.25. The van der Waals surface area contributed by atoms with Crippen LogP contribution in [0.2, 0.25) is 0 Å². The third kappa shape index (κ3) is 4.43. The van der Waals surface area contributed by atoms with Crippen LogP contribution in [0.25, 0.3) is 32.5 Å².